The Morgan fingerprint density at radius 3 is 2.86 bits per heavy atom. The third-order valence-corrected chi connectivity index (χ3v) is 3.61. The second-order valence-electron chi connectivity index (χ2n) is 5.24. The molecule has 2 aliphatic rings. The molecular formula is C15H20N2O4. The highest BCUT2D eigenvalue weighted by molar-refractivity contribution is 5.81. The van der Waals surface area contributed by atoms with Crippen molar-refractivity contribution >= 4 is 5.91 Å². The summed E-state index contributed by atoms with van der Waals surface area (Å²) in [4.78, 5) is 14.0. The number of rotatable bonds is 3. The smallest absolute Gasteiger partial charge is 0.253 e. The van der Waals surface area contributed by atoms with Gasteiger partial charge in [0.25, 0.3) is 5.91 Å². The molecule has 2 aliphatic heterocycles. The minimum Gasteiger partial charge on any atom is -0.486 e. The van der Waals surface area contributed by atoms with Crippen molar-refractivity contribution in [3.63, 3.8) is 0 Å². The van der Waals surface area contributed by atoms with E-state index >= 15 is 0 Å². The Labute approximate surface area is 124 Å². The molecule has 0 spiro atoms. The van der Waals surface area contributed by atoms with Gasteiger partial charge >= 0.3 is 0 Å². The van der Waals surface area contributed by atoms with Crippen LogP contribution < -0.4 is 14.8 Å². The molecule has 3 rings (SSSR count). The maximum Gasteiger partial charge on any atom is 0.253 e. The van der Waals surface area contributed by atoms with Gasteiger partial charge < -0.3 is 24.4 Å². The highest BCUT2D eigenvalue weighted by atomic mass is 16.6. The number of benzene rings is 1. The van der Waals surface area contributed by atoms with E-state index in [9.17, 15) is 4.79 Å². The summed E-state index contributed by atoms with van der Waals surface area (Å²) in [6, 6.07) is 5.77. The minimum atomic E-state index is -0.388. The molecule has 0 radical (unpaired) electrons. The van der Waals surface area contributed by atoms with Gasteiger partial charge in [-0.15, -0.1) is 0 Å². The normalized spacial score (nSPS) is 20.9. The summed E-state index contributed by atoms with van der Waals surface area (Å²) >= 11 is 0. The first-order valence-corrected chi connectivity index (χ1v) is 7.20. The van der Waals surface area contributed by atoms with Crippen LogP contribution in [0.3, 0.4) is 0 Å². The van der Waals surface area contributed by atoms with Crippen LogP contribution in [0.15, 0.2) is 18.2 Å². The van der Waals surface area contributed by atoms with Crippen molar-refractivity contribution in [2.45, 2.75) is 12.6 Å². The molecule has 6 nitrogen and oxygen atoms in total. The molecule has 6 heteroatoms. The molecule has 1 fully saturated rings. The van der Waals surface area contributed by atoms with Crippen molar-refractivity contribution < 1.29 is 19.0 Å². The van der Waals surface area contributed by atoms with Crippen LogP contribution in [0.5, 0.6) is 11.5 Å². The molecule has 1 amide bonds. The third-order valence-electron chi connectivity index (χ3n) is 3.61. The van der Waals surface area contributed by atoms with Gasteiger partial charge in [0, 0.05) is 26.7 Å². The maximum atomic E-state index is 12.3. The SMILES string of the molecule is CN(Cc1ccc2c(c1)OCCO2)C(=O)C1CNCCO1. The molecule has 1 atom stereocenters. The Kier molecular flexibility index (Phi) is 4.26. The molecule has 1 N–H and O–H groups in total. The van der Waals surface area contributed by atoms with Crippen molar-refractivity contribution in [3.8, 4) is 11.5 Å². The average molecular weight is 292 g/mol. The summed E-state index contributed by atoms with van der Waals surface area (Å²) in [6.45, 7) is 3.62. The van der Waals surface area contributed by atoms with Gasteiger partial charge in [0.1, 0.15) is 19.3 Å². The zero-order valence-corrected chi connectivity index (χ0v) is 12.1. The summed E-state index contributed by atoms with van der Waals surface area (Å²) in [7, 11) is 1.79. The molecule has 2 heterocycles. The molecular weight excluding hydrogens is 272 g/mol. The molecule has 114 valence electrons. The Morgan fingerprint density at radius 1 is 1.29 bits per heavy atom. The van der Waals surface area contributed by atoms with Crippen molar-refractivity contribution in [3.05, 3.63) is 23.8 Å². The molecule has 1 unspecified atom stereocenters. The van der Waals surface area contributed by atoms with Crippen LogP contribution in [0.4, 0.5) is 0 Å². The first kappa shape index (κ1) is 14.2. The Morgan fingerprint density at radius 2 is 2.10 bits per heavy atom. The fourth-order valence-corrected chi connectivity index (χ4v) is 2.51. The van der Waals surface area contributed by atoms with Gasteiger partial charge in [-0.3, -0.25) is 4.79 Å². The van der Waals surface area contributed by atoms with Gasteiger partial charge in [-0.05, 0) is 17.7 Å². The van der Waals surface area contributed by atoms with E-state index in [4.69, 9.17) is 14.2 Å². The number of amides is 1. The zero-order valence-electron chi connectivity index (χ0n) is 12.1. The summed E-state index contributed by atoms with van der Waals surface area (Å²) < 4.78 is 16.5. The summed E-state index contributed by atoms with van der Waals surface area (Å²) in [5.74, 6) is 1.51. The van der Waals surface area contributed by atoms with E-state index in [2.05, 4.69) is 5.32 Å². The summed E-state index contributed by atoms with van der Waals surface area (Å²) in [6.07, 6.45) is -0.388. The quantitative estimate of drug-likeness (QED) is 0.874. The molecule has 0 aliphatic carbocycles. The van der Waals surface area contributed by atoms with Crippen LogP contribution >= 0.6 is 0 Å². The Balaban J connectivity index is 1.63. The maximum absolute atomic E-state index is 12.3. The number of hydrogen-bond donors (Lipinski definition) is 1. The second-order valence-corrected chi connectivity index (χ2v) is 5.24. The lowest BCUT2D eigenvalue weighted by atomic mass is 10.1. The zero-order chi connectivity index (χ0) is 14.7. The molecule has 0 aromatic heterocycles. The third kappa shape index (κ3) is 3.28. The number of likely N-dealkylation sites (N-methyl/N-ethyl adjacent to an activating group) is 1. The van der Waals surface area contributed by atoms with Crippen LogP contribution in [0, 0.1) is 0 Å². The Hall–Kier alpha value is -1.79. The fourth-order valence-electron chi connectivity index (χ4n) is 2.51. The van der Waals surface area contributed by atoms with Gasteiger partial charge in [0.05, 0.1) is 6.61 Å². The van der Waals surface area contributed by atoms with Crippen LogP contribution in [-0.4, -0.2) is 56.9 Å². The van der Waals surface area contributed by atoms with Gasteiger partial charge in [0.15, 0.2) is 11.5 Å². The lowest BCUT2D eigenvalue weighted by Crippen LogP contribution is -2.48. The summed E-state index contributed by atoms with van der Waals surface area (Å²) in [5, 5.41) is 3.17. The molecule has 0 saturated carbocycles. The molecule has 1 aromatic rings. The topological polar surface area (TPSA) is 60.0 Å². The molecule has 21 heavy (non-hydrogen) atoms. The van der Waals surface area contributed by atoms with Gasteiger partial charge in [-0.2, -0.15) is 0 Å². The highest BCUT2D eigenvalue weighted by Crippen LogP contribution is 2.31. The van der Waals surface area contributed by atoms with Crippen molar-refractivity contribution in [2.75, 3.05) is 40.0 Å². The van der Waals surface area contributed by atoms with Crippen molar-refractivity contribution in [2.24, 2.45) is 0 Å². The predicted molar refractivity (Wildman–Crippen MR) is 76.5 cm³/mol. The van der Waals surface area contributed by atoms with E-state index in [1.807, 2.05) is 18.2 Å². The van der Waals surface area contributed by atoms with Crippen LogP contribution in [-0.2, 0) is 16.1 Å². The number of fused-ring (bicyclic) bond motifs is 1. The van der Waals surface area contributed by atoms with Crippen LogP contribution in [0.1, 0.15) is 5.56 Å². The number of nitrogens with one attached hydrogen (secondary N) is 1. The van der Waals surface area contributed by atoms with Crippen molar-refractivity contribution in [1.82, 2.24) is 10.2 Å². The second kappa shape index (κ2) is 6.32. The largest absolute Gasteiger partial charge is 0.486 e. The highest BCUT2D eigenvalue weighted by Gasteiger charge is 2.25. The number of morpholine rings is 1. The number of carbonyl (C=O) groups is 1. The van der Waals surface area contributed by atoms with Crippen LogP contribution in [0.2, 0.25) is 0 Å². The van der Waals surface area contributed by atoms with E-state index in [0.717, 1.165) is 23.6 Å². The summed E-state index contributed by atoms with van der Waals surface area (Å²) in [5.41, 5.74) is 1.01. The van der Waals surface area contributed by atoms with E-state index in [0.29, 0.717) is 32.9 Å². The van der Waals surface area contributed by atoms with E-state index in [1.165, 1.54) is 0 Å². The van der Waals surface area contributed by atoms with Gasteiger partial charge in [-0.25, -0.2) is 0 Å². The van der Waals surface area contributed by atoms with Crippen LogP contribution in [0.25, 0.3) is 0 Å². The van der Waals surface area contributed by atoms with Gasteiger partial charge in [-0.1, -0.05) is 6.07 Å². The lowest BCUT2D eigenvalue weighted by Gasteiger charge is -2.27. The minimum absolute atomic E-state index is 0.00270. The standard InChI is InChI=1S/C15H20N2O4/c1-17(15(18)14-9-16-4-5-19-14)10-11-2-3-12-13(8-11)21-7-6-20-12/h2-3,8,14,16H,4-7,9-10H2,1H3. The van der Waals surface area contributed by atoms with Crippen molar-refractivity contribution in [1.29, 1.82) is 0 Å². The first-order valence-electron chi connectivity index (χ1n) is 7.20. The monoisotopic (exact) mass is 292 g/mol. The first-order chi connectivity index (χ1) is 10.2. The van der Waals surface area contributed by atoms with Gasteiger partial charge in [0.2, 0.25) is 0 Å². The number of hydrogen-bond acceptors (Lipinski definition) is 5. The van der Waals surface area contributed by atoms with E-state index in [-0.39, 0.29) is 12.0 Å². The van der Waals surface area contributed by atoms with E-state index in [1.54, 1.807) is 11.9 Å². The molecule has 1 saturated heterocycles. The fraction of sp³-hybridized carbons (Fsp3) is 0.533. The number of carbonyl (C=O) groups excluding carboxylic acids is 1. The predicted octanol–water partition coefficient (Wildman–Crippen LogP) is 0.405. The Bertz CT molecular complexity index is 514. The average Bonchev–Trinajstić information content (AvgIpc) is 2.55. The number of nitrogens with zero attached hydrogens (tertiary/aromatic N) is 1. The molecule has 0 bridgehead atoms. The number of ether oxygens (including phenoxy) is 3. The molecule has 1 aromatic carbocycles. The van der Waals surface area contributed by atoms with E-state index < -0.39 is 0 Å². The lowest BCUT2D eigenvalue weighted by molar-refractivity contribution is -0.144.